The predicted molar refractivity (Wildman–Crippen MR) is 92.3 cm³/mol. The summed E-state index contributed by atoms with van der Waals surface area (Å²) in [6.07, 6.45) is -0.514. The van der Waals surface area contributed by atoms with E-state index in [1.54, 1.807) is 32.2 Å². The first-order valence-corrected chi connectivity index (χ1v) is 7.91. The Balaban J connectivity index is 1.81. The largest absolute Gasteiger partial charge is 0.479 e. The minimum Gasteiger partial charge on any atom is -0.479 e. The Kier molecular flexibility index (Phi) is 4.25. The molecule has 3 rings (SSSR count). The van der Waals surface area contributed by atoms with Crippen molar-refractivity contribution in [1.29, 1.82) is 0 Å². The van der Waals surface area contributed by atoms with Crippen LogP contribution >= 0.6 is 0 Å². The van der Waals surface area contributed by atoms with Gasteiger partial charge in [0, 0.05) is 12.6 Å². The lowest BCUT2D eigenvalue weighted by molar-refractivity contribution is -0.125. The molecule has 2 amide bonds. The molecular weight excluding hydrogens is 304 g/mol. The number of nitrogens with one attached hydrogen (secondary N) is 1. The number of fused-ring (bicyclic) bond motifs is 1. The van der Waals surface area contributed by atoms with Crippen molar-refractivity contribution in [1.82, 2.24) is 5.32 Å². The van der Waals surface area contributed by atoms with E-state index < -0.39 is 6.10 Å². The normalized spacial score (nSPS) is 17.7. The van der Waals surface area contributed by atoms with Crippen molar-refractivity contribution in [3.05, 3.63) is 59.7 Å². The van der Waals surface area contributed by atoms with E-state index in [0.29, 0.717) is 17.0 Å². The quantitative estimate of drug-likeness (QED) is 0.944. The van der Waals surface area contributed by atoms with E-state index in [1.165, 1.54) is 4.90 Å². The summed E-state index contributed by atoms with van der Waals surface area (Å²) in [5.41, 5.74) is 2.14. The van der Waals surface area contributed by atoms with Gasteiger partial charge in [-0.15, -0.1) is 0 Å². The molecule has 2 atom stereocenters. The minimum absolute atomic E-state index is 0.106. The first-order valence-electron chi connectivity index (χ1n) is 7.91. The molecule has 1 N–H and O–H groups in total. The van der Waals surface area contributed by atoms with Crippen molar-refractivity contribution in [2.75, 3.05) is 11.9 Å². The number of benzene rings is 2. The second kappa shape index (κ2) is 6.35. The van der Waals surface area contributed by atoms with E-state index >= 15 is 0 Å². The van der Waals surface area contributed by atoms with Gasteiger partial charge in [0.25, 0.3) is 11.8 Å². The van der Waals surface area contributed by atoms with Crippen LogP contribution in [0.3, 0.4) is 0 Å². The predicted octanol–water partition coefficient (Wildman–Crippen LogP) is 2.92. The van der Waals surface area contributed by atoms with Gasteiger partial charge in [0.15, 0.2) is 6.10 Å². The van der Waals surface area contributed by atoms with E-state index in [-0.39, 0.29) is 17.9 Å². The third-order valence-electron chi connectivity index (χ3n) is 4.21. The number of hydrogen-bond donors (Lipinski definition) is 1. The topological polar surface area (TPSA) is 58.6 Å². The molecule has 5 nitrogen and oxygen atoms in total. The molecule has 2 aromatic rings. The summed E-state index contributed by atoms with van der Waals surface area (Å²) in [7, 11) is 1.69. The van der Waals surface area contributed by atoms with Crippen molar-refractivity contribution >= 4 is 17.5 Å². The Bertz CT molecular complexity index is 773. The van der Waals surface area contributed by atoms with E-state index in [1.807, 2.05) is 37.3 Å². The van der Waals surface area contributed by atoms with Crippen LogP contribution < -0.4 is 15.0 Å². The molecule has 0 bridgehead atoms. The van der Waals surface area contributed by atoms with E-state index in [9.17, 15) is 9.59 Å². The number of hydrogen-bond acceptors (Lipinski definition) is 3. The van der Waals surface area contributed by atoms with E-state index in [2.05, 4.69) is 5.32 Å². The summed E-state index contributed by atoms with van der Waals surface area (Å²) in [5.74, 6) is 0.295. The highest BCUT2D eigenvalue weighted by Gasteiger charge is 2.29. The highest BCUT2D eigenvalue weighted by molar-refractivity contribution is 6.02. The van der Waals surface area contributed by atoms with Gasteiger partial charge in [0.2, 0.25) is 0 Å². The number of carbonyl (C=O) groups excluding carboxylic acids is 2. The SMILES string of the molecule is CC1Oc2ccc(C(=O)NC(C)c3ccccc3)cc2N(C)C1=O. The fraction of sp³-hybridized carbons (Fsp3) is 0.263. The van der Waals surface area contributed by atoms with Crippen LogP contribution in [0.25, 0.3) is 0 Å². The molecule has 24 heavy (non-hydrogen) atoms. The monoisotopic (exact) mass is 324 g/mol. The summed E-state index contributed by atoms with van der Waals surface area (Å²) >= 11 is 0. The molecule has 2 unspecified atom stereocenters. The molecule has 0 fully saturated rings. The molecule has 124 valence electrons. The second-order valence-corrected chi connectivity index (χ2v) is 5.95. The van der Waals surface area contributed by atoms with Gasteiger partial charge in [-0.3, -0.25) is 9.59 Å². The third kappa shape index (κ3) is 2.97. The van der Waals surface area contributed by atoms with Crippen LogP contribution in [0.1, 0.15) is 35.8 Å². The summed E-state index contributed by atoms with van der Waals surface area (Å²) < 4.78 is 5.58. The fourth-order valence-electron chi connectivity index (χ4n) is 2.76. The summed E-state index contributed by atoms with van der Waals surface area (Å²) in [6, 6.07) is 14.8. The maximum atomic E-state index is 12.5. The van der Waals surface area contributed by atoms with Crippen molar-refractivity contribution < 1.29 is 14.3 Å². The molecule has 0 saturated heterocycles. The minimum atomic E-state index is -0.514. The summed E-state index contributed by atoms with van der Waals surface area (Å²) in [5, 5.41) is 2.97. The lowest BCUT2D eigenvalue weighted by atomic mass is 10.1. The lowest BCUT2D eigenvalue weighted by Gasteiger charge is -2.30. The number of amides is 2. The van der Waals surface area contributed by atoms with Gasteiger partial charge >= 0.3 is 0 Å². The van der Waals surface area contributed by atoms with Crippen molar-refractivity contribution in [2.24, 2.45) is 0 Å². The second-order valence-electron chi connectivity index (χ2n) is 5.95. The van der Waals surface area contributed by atoms with Crippen molar-refractivity contribution in [3.63, 3.8) is 0 Å². The van der Waals surface area contributed by atoms with E-state index in [0.717, 1.165) is 5.56 Å². The van der Waals surface area contributed by atoms with Crippen LogP contribution in [0.2, 0.25) is 0 Å². The molecule has 5 heteroatoms. The Hall–Kier alpha value is -2.82. The molecule has 2 aromatic carbocycles. The van der Waals surface area contributed by atoms with Crippen LogP contribution in [0.15, 0.2) is 48.5 Å². The zero-order chi connectivity index (χ0) is 17.3. The Morgan fingerprint density at radius 3 is 2.62 bits per heavy atom. The molecule has 0 saturated carbocycles. The highest BCUT2D eigenvalue weighted by atomic mass is 16.5. The molecule has 0 radical (unpaired) electrons. The van der Waals surface area contributed by atoms with Crippen molar-refractivity contribution in [3.8, 4) is 5.75 Å². The average molecular weight is 324 g/mol. The van der Waals surface area contributed by atoms with Gasteiger partial charge in [-0.05, 0) is 37.6 Å². The molecule has 0 aromatic heterocycles. The molecular formula is C19H20N2O3. The van der Waals surface area contributed by atoms with Crippen LogP contribution in [0.5, 0.6) is 5.75 Å². The van der Waals surface area contributed by atoms with Crippen LogP contribution in [-0.2, 0) is 4.79 Å². The number of anilines is 1. The summed E-state index contributed by atoms with van der Waals surface area (Å²) in [6.45, 7) is 3.65. The molecule has 1 aliphatic rings. The maximum Gasteiger partial charge on any atom is 0.267 e. The number of rotatable bonds is 3. The van der Waals surface area contributed by atoms with Crippen LogP contribution in [0.4, 0.5) is 5.69 Å². The summed E-state index contributed by atoms with van der Waals surface area (Å²) in [4.78, 5) is 26.1. The van der Waals surface area contributed by atoms with Crippen LogP contribution in [-0.4, -0.2) is 25.0 Å². The smallest absolute Gasteiger partial charge is 0.267 e. The van der Waals surface area contributed by atoms with Gasteiger partial charge in [-0.1, -0.05) is 30.3 Å². The maximum absolute atomic E-state index is 12.5. The molecule has 1 heterocycles. The number of nitrogens with zero attached hydrogens (tertiary/aromatic N) is 1. The number of ether oxygens (including phenoxy) is 1. The Labute approximate surface area is 141 Å². The molecule has 0 aliphatic carbocycles. The van der Waals surface area contributed by atoms with Gasteiger partial charge in [0.05, 0.1) is 11.7 Å². The van der Waals surface area contributed by atoms with Crippen molar-refractivity contribution in [2.45, 2.75) is 26.0 Å². The Morgan fingerprint density at radius 2 is 1.92 bits per heavy atom. The molecule has 0 spiro atoms. The first kappa shape index (κ1) is 16.1. The number of carbonyl (C=O) groups is 2. The van der Waals surface area contributed by atoms with Crippen LogP contribution in [0, 0.1) is 0 Å². The van der Waals surface area contributed by atoms with Gasteiger partial charge in [-0.25, -0.2) is 0 Å². The zero-order valence-electron chi connectivity index (χ0n) is 13.9. The van der Waals surface area contributed by atoms with E-state index in [4.69, 9.17) is 4.74 Å². The fourth-order valence-corrected chi connectivity index (χ4v) is 2.76. The number of likely N-dealkylation sites (N-methyl/N-ethyl adjacent to an activating group) is 1. The zero-order valence-corrected chi connectivity index (χ0v) is 13.9. The van der Waals surface area contributed by atoms with Gasteiger partial charge < -0.3 is 15.0 Å². The highest BCUT2D eigenvalue weighted by Crippen LogP contribution is 2.34. The lowest BCUT2D eigenvalue weighted by Crippen LogP contribution is -2.42. The Morgan fingerprint density at radius 1 is 1.21 bits per heavy atom. The molecule has 1 aliphatic heterocycles. The van der Waals surface area contributed by atoms with Gasteiger partial charge in [-0.2, -0.15) is 0 Å². The first-order chi connectivity index (χ1) is 11.5. The average Bonchev–Trinajstić information content (AvgIpc) is 2.60. The third-order valence-corrected chi connectivity index (χ3v) is 4.21. The standard InChI is InChI=1S/C19H20N2O3/c1-12(14-7-5-4-6-8-14)20-18(22)15-9-10-17-16(11-15)21(3)19(23)13(2)24-17/h4-13H,1-3H3,(H,20,22). The van der Waals surface area contributed by atoms with Gasteiger partial charge in [0.1, 0.15) is 5.75 Å².